The van der Waals surface area contributed by atoms with Gasteiger partial charge in [-0.05, 0) is 47.9 Å². The fourth-order valence-electron chi connectivity index (χ4n) is 4.35. The molecule has 2 heterocycles. The predicted molar refractivity (Wildman–Crippen MR) is 123 cm³/mol. The molecule has 0 atom stereocenters. The lowest BCUT2D eigenvalue weighted by atomic mass is 9.97. The van der Waals surface area contributed by atoms with Crippen LogP contribution in [0.2, 0.25) is 0 Å². The Morgan fingerprint density at radius 1 is 1.00 bits per heavy atom. The third-order valence-electron chi connectivity index (χ3n) is 6.00. The van der Waals surface area contributed by atoms with Crippen molar-refractivity contribution >= 4 is 28.6 Å². The number of nitrogens with zero attached hydrogens (tertiary/aromatic N) is 1. The zero-order valence-electron chi connectivity index (χ0n) is 17.1. The summed E-state index contributed by atoms with van der Waals surface area (Å²) in [6, 6.07) is 24.5. The van der Waals surface area contributed by atoms with Crippen molar-refractivity contribution in [1.82, 2.24) is 4.90 Å². The van der Waals surface area contributed by atoms with Crippen LogP contribution in [0.1, 0.15) is 29.2 Å². The minimum Gasteiger partial charge on any atom is -0.354 e. The van der Waals surface area contributed by atoms with Crippen LogP contribution in [0.5, 0.6) is 0 Å². The van der Waals surface area contributed by atoms with E-state index in [2.05, 4.69) is 40.7 Å². The Labute approximate surface area is 177 Å². The minimum absolute atomic E-state index is 0.0703. The lowest BCUT2D eigenvalue weighted by molar-refractivity contribution is -0.110. The highest BCUT2D eigenvalue weighted by Gasteiger charge is 2.28. The molecule has 2 N–H and O–H groups in total. The molecule has 2 aliphatic rings. The number of nitrogens with one attached hydrogen (secondary N) is 2. The molecule has 0 aliphatic carbocycles. The molecule has 3 aromatic carbocycles. The first-order valence-corrected chi connectivity index (χ1v) is 10.5. The summed E-state index contributed by atoms with van der Waals surface area (Å²) < 4.78 is 0. The maximum atomic E-state index is 12.9. The van der Waals surface area contributed by atoms with Gasteiger partial charge in [0.2, 0.25) is 0 Å². The van der Waals surface area contributed by atoms with Gasteiger partial charge in [-0.25, -0.2) is 0 Å². The molecule has 0 saturated heterocycles. The first kappa shape index (κ1) is 18.6. The number of hydrogen-bond donors (Lipinski definition) is 2. The van der Waals surface area contributed by atoms with Crippen LogP contribution in [0.4, 0.5) is 11.4 Å². The monoisotopic (exact) mass is 395 g/mol. The van der Waals surface area contributed by atoms with Gasteiger partial charge in [0.05, 0.1) is 11.3 Å². The first-order chi connectivity index (χ1) is 14.7. The summed E-state index contributed by atoms with van der Waals surface area (Å²) in [6.45, 7) is 5.39. The van der Waals surface area contributed by atoms with Gasteiger partial charge in [-0.3, -0.25) is 9.69 Å². The molecule has 0 fully saturated rings. The molecule has 4 heteroatoms. The molecule has 0 aromatic heterocycles. The third-order valence-corrected chi connectivity index (χ3v) is 6.00. The topological polar surface area (TPSA) is 44.4 Å². The standard InChI is InChI=1S/C26H25N3O/c1-2-29-15-14-19-16-21(13-12-20(19)17-29)27-25(18-8-4-3-5-9-18)24-22-10-6-7-11-23(22)28-26(24)30/h3-13,16,27H,2,14-15,17H2,1H3,(H,28,30). The predicted octanol–water partition coefficient (Wildman–Crippen LogP) is 5.00. The van der Waals surface area contributed by atoms with Gasteiger partial charge in [-0.1, -0.05) is 61.5 Å². The second-order valence-corrected chi connectivity index (χ2v) is 7.84. The summed E-state index contributed by atoms with van der Waals surface area (Å²) in [5.74, 6) is -0.0703. The van der Waals surface area contributed by atoms with E-state index in [-0.39, 0.29) is 5.91 Å². The minimum atomic E-state index is -0.0703. The van der Waals surface area contributed by atoms with Gasteiger partial charge >= 0.3 is 0 Å². The fraction of sp³-hybridized carbons (Fsp3) is 0.192. The van der Waals surface area contributed by atoms with E-state index < -0.39 is 0 Å². The first-order valence-electron chi connectivity index (χ1n) is 10.5. The van der Waals surface area contributed by atoms with Crippen molar-refractivity contribution in [1.29, 1.82) is 0 Å². The SMILES string of the molecule is CCN1CCc2cc(NC(=C3C(=O)Nc4ccccc43)c3ccccc3)ccc2C1. The molecular formula is C26H25N3O. The summed E-state index contributed by atoms with van der Waals surface area (Å²) in [4.78, 5) is 15.4. The van der Waals surface area contributed by atoms with Crippen LogP contribution in [0.15, 0.2) is 72.8 Å². The Kier molecular flexibility index (Phi) is 4.85. The Hall–Kier alpha value is -3.37. The third kappa shape index (κ3) is 3.40. The van der Waals surface area contributed by atoms with Gasteiger partial charge in [-0.15, -0.1) is 0 Å². The van der Waals surface area contributed by atoms with Crippen LogP contribution >= 0.6 is 0 Å². The summed E-state index contributed by atoms with van der Waals surface area (Å²) in [7, 11) is 0. The van der Waals surface area contributed by atoms with Crippen LogP contribution in [0, 0.1) is 0 Å². The van der Waals surface area contributed by atoms with Crippen LogP contribution in [0.3, 0.4) is 0 Å². The molecule has 0 spiro atoms. The van der Waals surface area contributed by atoms with Crippen molar-refractivity contribution in [2.24, 2.45) is 0 Å². The van der Waals surface area contributed by atoms with Crippen molar-refractivity contribution in [3.63, 3.8) is 0 Å². The van der Waals surface area contributed by atoms with E-state index in [0.29, 0.717) is 5.57 Å². The lowest BCUT2D eigenvalue weighted by Crippen LogP contribution is -2.30. The molecule has 3 aromatic rings. The molecule has 30 heavy (non-hydrogen) atoms. The molecular weight excluding hydrogens is 370 g/mol. The summed E-state index contributed by atoms with van der Waals surface area (Å²) in [6.07, 6.45) is 1.05. The lowest BCUT2D eigenvalue weighted by Gasteiger charge is -2.28. The number of benzene rings is 3. The molecule has 0 saturated carbocycles. The van der Waals surface area contributed by atoms with Crippen LogP contribution < -0.4 is 10.6 Å². The van der Waals surface area contributed by atoms with E-state index in [1.54, 1.807) is 0 Å². The van der Waals surface area contributed by atoms with E-state index in [4.69, 9.17) is 0 Å². The van der Waals surface area contributed by atoms with Gasteiger partial charge in [0, 0.05) is 30.0 Å². The molecule has 0 radical (unpaired) electrons. The second kappa shape index (κ2) is 7.81. The van der Waals surface area contributed by atoms with E-state index in [1.165, 1.54) is 11.1 Å². The second-order valence-electron chi connectivity index (χ2n) is 7.84. The highest BCUT2D eigenvalue weighted by Crippen LogP contribution is 2.37. The Bertz CT molecular complexity index is 1130. The van der Waals surface area contributed by atoms with Crippen LogP contribution in [-0.2, 0) is 17.8 Å². The van der Waals surface area contributed by atoms with E-state index in [0.717, 1.165) is 54.3 Å². The number of carbonyl (C=O) groups is 1. The van der Waals surface area contributed by atoms with E-state index >= 15 is 0 Å². The summed E-state index contributed by atoms with van der Waals surface area (Å²) in [5, 5.41) is 6.59. The van der Waals surface area contributed by atoms with Gasteiger partial charge in [0.25, 0.3) is 5.91 Å². The number of rotatable bonds is 4. The Morgan fingerprint density at radius 2 is 1.80 bits per heavy atom. The van der Waals surface area contributed by atoms with E-state index in [1.807, 2.05) is 54.6 Å². The number of carbonyl (C=O) groups excluding carboxylic acids is 1. The maximum Gasteiger partial charge on any atom is 0.258 e. The zero-order chi connectivity index (χ0) is 20.5. The van der Waals surface area contributed by atoms with Crippen LogP contribution in [-0.4, -0.2) is 23.9 Å². The zero-order valence-corrected chi connectivity index (χ0v) is 17.1. The van der Waals surface area contributed by atoms with Crippen molar-refractivity contribution in [2.45, 2.75) is 19.9 Å². The van der Waals surface area contributed by atoms with Gasteiger partial charge in [0.1, 0.15) is 0 Å². The number of para-hydroxylation sites is 1. The molecule has 2 aliphatic heterocycles. The molecule has 150 valence electrons. The number of likely N-dealkylation sites (N-methyl/N-ethyl adjacent to an activating group) is 1. The summed E-state index contributed by atoms with van der Waals surface area (Å²) >= 11 is 0. The molecule has 1 amide bonds. The van der Waals surface area contributed by atoms with Crippen molar-refractivity contribution in [3.05, 3.63) is 95.1 Å². The van der Waals surface area contributed by atoms with Crippen molar-refractivity contribution in [2.75, 3.05) is 23.7 Å². The van der Waals surface area contributed by atoms with Crippen molar-refractivity contribution < 1.29 is 4.79 Å². The van der Waals surface area contributed by atoms with Gasteiger partial charge in [-0.2, -0.15) is 0 Å². The molecule has 0 bridgehead atoms. The number of anilines is 2. The fourth-order valence-corrected chi connectivity index (χ4v) is 4.35. The Balaban J connectivity index is 1.58. The van der Waals surface area contributed by atoms with Crippen molar-refractivity contribution in [3.8, 4) is 0 Å². The van der Waals surface area contributed by atoms with Gasteiger partial charge < -0.3 is 10.6 Å². The molecule has 4 nitrogen and oxygen atoms in total. The largest absolute Gasteiger partial charge is 0.354 e. The van der Waals surface area contributed by atoms with E-state index in [9.17, 15) is 4.79 Å². The highest BCUT2D eigenvalue weighted by molar-refractivity contribution is 6.37. The maximum absolute atomic E-state index is 12.9. The molecule has 5 rings (SSSR count). The number of amides is 1. The number of hydrogen-bond acceptors (Lipinski definition) is 3. The number of fused-ring (bicyclic) bond motifs is 2. The Morgan fingerprint density at radius 3 is 2.63 bits per heavy atom. The average molecular weight is 396 g/mol. The quantitative estimate of drug-likeness (QED) is 0.611. The smallest absolute Gasteiger partial charge is 0.258 e. The molecule has 0 unspecified atom stereocenters. The summed E-state index contributed by atoms with van der Waals surface area (Å²) in [5.41, 5.74) is 8.11. The van der Waals surface area contributed by atoms with Gasteiger partial charge in [0.15, 0.2) is 0 Å². The average Bonchev–Trinajstić information content (AvgIpc) is 3.13. The van der Waals surface area contributed by atoms with Crippen LogP contribution in [0.25, 0.3) is 11.3 Å². The normalized spacial score (nSPS) is 17.2. The highest BCUT2D eigenvalue weighted by atomic mass is 16.2.